The molecule has 4 nitrogen and oxygen atoms in total. The van der Waals surface area contributed by atoms with E-state index in [1.807, 2.05) is 0 Å². The van der Waals surface area contributed by atoms with Crippen LogP contribution in [0.1, 0.15) is 45.4 Å². The maximum absolute atomic E-state index is 12.2. The van der Waals surface area contributed by atoms with Crippen molar-refractivity contribution in [3.8, 4) is 0 Å². The highest BCUT2D eigenvalue weighted by Gasteiger charge is 2.34. The number of amides is 1. The lowest BCUT2D eigenvalue weighted by atomic mass is 9.83. The zero-order valence-corrected chi connectivity index (χ0v) is 10.9. The normalized spacial score (nSPS) is 32.4. The molecule has 2 atom stereocenters. The fourth-order valence-electron chi connectivity index (χ4n) is 2.92. The number of carbonyl (C=O) groups is 1. The van der Waals surface area contributed by atoms with Gasteiger partial charge >= 0.3 is 0 Å². The van der Waals surface area contributed by atoms with Crippen molar-refractivity contribution in [1.29, 1.82) is 0 Å². The van der Waals surface area contributed by atoms with Crippen LogP contribution in [-0.2, 0) is 9.53 Å². The molecule has 2 unspecified atom stereocenters. The van der Waals surface area contributed by atoms with Crippen LogP contribution in [0.4, 0.5) is 0 Å². The molecule has 2 rings (SSSR count). The zero-order valence-electron chi connectivity index (χ0n) is 10.9. The summed E-state index contributed by atoms with van der Waals surface area (Å²) < 4.78 is 5.26. The predicted octanol–water partition coefficient (Wildman–Crippen LogP) is 1.20. The van der Waals surface area contributed by atoms with E-state index in [2.05, 4.69) is 17.6 Å². The molecule has 0 aromatic carbocycles. The quantitative estimate of drug-likeness (QED) is 0.779. The average molecular weight is 240 g/mol. The van der Waals surface area contributed by atoms with E-state index in [1.54, 1.807) is 7.11 Å². The van der Waals surface area contributed by atoms with Gasteiger partial charge in [-0.25, -0.2) is 0 Å². The van der Waals surface area contributed by atoms with Crippen molar-refractivity contribution in [2.24, 2.45) is 0 Å². The lowest BCUT2D eigenvalue weighted by molar-refractivity contribution is -0.125. The number of carbonyl (C=O) groups excluding carboxylic acids is 1. The number of hydrogen-bond donors (Lipinski definition) is 2. The number of ether oxygens (including phenoxy) is 1. The van der Waals surface area contributed by atoms with Crippen LogP contribution in [0.25, 0.3) is 0 Å². The smallest absolute Gasteiger partial charge is 0.237 e. The first kappa shape index (κ1) is 12.8. The van der Waals surface area contributed by atoms with Gasteiger partial charge in [0.05, 0.1) is 12.1 Å². The molecule has 1 aliphatic heterocycles. The number of hydrogen-bond acceptors (Lipinski definition) is 3. The maximum atomic E-state index is 12.2. The molecule has 17 heavy (non-hydrogen) atoms. The van der Waals surface area contributed by atoms with E-state index >= 15 is 0 Å². The molecule has 1 amide bonds. The Morgan fingerprint density at radius 2 is 2.06 bits per heavy atom. The summed E-state index contributed by atoms with van der Waals surface area (Å²) in [5.74, 6) is 0.147. The highest BCUT2D eigenvalue weighted by molar-refractivity contribution is 5.82. The monoisotopic (exact) mass is 240 g/mol. The van der Waals surface area contributed by atoms with Gasteiger partial charge in [0.1, 0.15) is 0 Å². The second-order valence-corrected chi connectivity index (χ2v) is 5.66. The minimum absolute atomic E-state index is 0.0160. The summed E-state index contributed by atoms with van der Waals surface area (Å²) in [5.41, 5.74) is 0.0160. The molecule has 0 aromatic rings. The maximum Gasteiger partial charge on any atom is 0.237 e. The molecule has 1 saturated carbocycles. The average Bonchev–Trinajstić information content (AvgIpc) is 2.78. The first-order valence-electron chi connectivity index (χ1n) is 6.71. The van der Waals surface area contributed by atoms with Gasteiger partial charge in [0.25, 0.3) is 0 Å². The summed E-state index contributed by atoms with van der Waals surface area (Å²) in [5, 5.41) is 6.45. The minimum Gasteiger partial charge on any atom is -0.380 e. The van der Waals surface area contributed by atoms with Gasteiger partial charge in [0.15, 0.2) is 0 Å². The van der Waals surface area contributed by atoms with Gasteiger partial charge in [0, 0.05) is 19.2 Å². The standard InChI is InChI=1S/C13H24N2O2/c1-13(6-4-3-5-7-13)15-12(16)11-8-10(17-2)9-14-11/h10-11,14H,3-9H2,1-2H3,(H,15,16). The Kier molecular flexibility index (Phi) is 4.05. The van der Waals surface area contributed by atoms with Crippen LogP contribution in [-0.4, -0.2) is 37.2 Å². The molecule has 1 heterocycles. The Morgan fingerprint density at radius 1 is 1.35 bits per heavy atom. The van der Waals surface area contributed by atoms with Gasteiger partial charge in [-0.3, -0.25) is 4.79 Å². The predicted molar refractivity (Wildman–Crippen MR) is 66.8 cm³/mol. The van der Waals surface area contributed by atoms with Crippen LogP contribution >= 0.6 is 0 Å². The van der Waals surface area contributed by atoms with Crippen LogP contribution in [0, 0.1) is 0 Å². The molecular weight excluding hydrogens is 216 g/mol. The molecule has 2 aliphatic rings. The lowest BCUT2D eigenvalue weighted by Crippen LogP contribution is -2.52. The van der Waals surface area contributed by atoms with Crippen molar-refractivity contribution >= 4 is 5.91 Å². The third kappa shape index (κ3) is 3.19. The van der Waals surface area contributed by atoms with E-state index in [0.29, 0.717) is 0 Å². The topological polar surface area (TPSA) is 50.4 Å². The van der Waals surface area contributed by atoms with Crippen LogP contribution in [0.5, 0.6) is 0 Å². The number of nitrogens with one attached hydrogen (secondary N) is 2. The zero-order chi connectivity index (χ0) is 12.3. The SMILES string of the molecule is COC1CNC(C(=O)NC2(C)CCCCC2)C1. The Balaban J connectivity index is 1.84. The van der Waals surface area contributed by atoms with Gasteiger partial charge in [-0.1, -0.05) is 19.3 Å². The van der Waals surface area contributed by atoms with Gasteiger partial charge in [0.2, 0.25) is 5.91 Å². The van der Waals surface area contributed by atoms with E-state index in [1.165, 1.54) is 19.3 Å². The summed E-state index contributed by atoms with van der Waals surface area (Å²) in [4.78, 5) is 12.2. The second kappa shape index (κ2) is 5.36. The number of rotatable bonds is 3. The molecular formula is C13H24N2O2. The molecule has 0 spiro atoms. The highest BCUT2D eigenvalue weighted by Crippen LogP contribution is 2.27. The largest absolute Gasteiger partial charge is 0.380 e. The Labute approximate surface area is 103 Å². The van der Waals surface area contributed by atoms with Gasteiger partial charge in [-0.2, -0.15) is 0 Å². The summed E-state index contributed by atoms with van der Waals surface area (Å²) in [6, 6.07) is -0.0706. The van der Waals surface area contributed by atoms with Gasteiger partial charge in [-0.15, -0.1) is 0 Å². The summed E-state index contributed by atoms with van der Waals surface area (Å²) >= 11 is 0. The summed E-state index contributed by atoms with van der Waals surface area (Å²) in [7, 11) is 1.70. The fourth-order valence-corrected chi connectivity index (χ4v) is 2.92. The number of methoxy groups -OCH3 is 1. The summed E-state index contributed by atoms with van der Waals surface area (Å²) in [6.45, 7) is 2.96. The Bertz CT molecular complexity index is 275. The Morgan fingerprint density at radius 3 is 2.65 bits per heavy atom. The molecule has 1 saturated heterocycles. The molecule has 2 N–H and O–H groups in total. The van der Waals surface area contributed by atoms with E-state index in [-0.39, 0.29) is 23.6 Å². The summed E-state index contributed by atoms with van der Waals surface area (Å²) in [6.07, 6.45) is 6.96. The molecule has 4 heteroatoms. The van der Waals surface area contributed by atoms with Crippen LogP contribution in [0.2, 0.25) is 0 Å². The third-order valence-corrected chi connectivity index (χ3v) is 4.12. The van der Waals surface area contributed by atoms with E-state index in [4.69, 9.17) is 4.74 Å². The Hall–Kier alpha value is -0.610. The van der Waals surface area contributed by atoms with E-state index in [9.17, 15) is 4.79 Å². The van der Waals surface area contributed by atoms with Gasteiger partial charge in [-0.05, 0) is 26.2 Å². The van der Waals surface area contributed by atoms with Crippen molar-refractivity contribution in [1.82, 2.24) is 10.6 Å². The third-order valence-electron chi connectivity index (χ3n) is 4.12. The second-order valence-electron chi connectivity index (χ2n) is 5.66. The highest BCUT2D eigenvalue weighted by atomic mass is 16.5. The molecule has 0 aromatic heterocycles. The van der Waals surface area contributed by atoms with Crippen LogP contribution < -0.4 is 10.6 Å². The van der Waals surface area contributed by atoms with Crippen molar-refractivity contribution in [3.05, 3.63) is 0 Å². The molecule has 0 radical (unpaired) electrons. The lowest BCUT2D eigenvalue weighted by Gasteiger charge is -2.35. The fraction of sp³-hybridized carbons (Fsp3) is 0.923. The van der Waals surface area contributed by atoms with Crippen LogP contribution in [0.3, 0.4) is 0 Å². The first-order valence-corrected chi connectivity index (χ1v) is 6.71. The molecule has 0 bridgehead atoms. The molecule has 1 aliphatic carbocycles. The van der Waals surface area contributed by atoms with Gasteiger partial charge < -0.3 is 15.4 Å². The molecule has 98 valence electrons. The van der Waals surface area contributed by atoms with E-state index in [0.717, 1.165) is 25.8 Å². The van der Waals surface area contributed by atoms with Crippen LogP contribution in [0.15, 0.2) is 0 Å². The van der Waals surface area contributed by atoms with E-state index < -0.39 is 0 Å². The van der Waals surface area contributed by atoms with Crippen molar-refractivity contribution < 1.29 is 9.53 Å². The molecule has 2 fully saturated rings. The minimum atomic E-state index is -0.0706. The van der Waals surface area contributed by atoms with Crippen molar-refractivity contribution in [2.75, 3.05) is 13.7 Å². The van der Waals surface area contributed by atoms with Crippen molar-refractivity contribution in [3.63, 3.8) is 0 Å². The van der Waals surface area contributed by atoms with Crippen molar-refractivity contribution in [2.45, 2.75) is 63.1 Å². The first-order chi connectivity index (χ1) is 8.13.